The summed E-state index contributed by atoms with van der Waals surface area (Å²) in [4.78, 5) is 18.9. The highest BCUT2D eigenvalue weighted by Gasteiger charge is 2.24. The Labute approximate surface area is 155 Å². The van der Waals surface area contributed by atoms with Crippen molar-refractivity contribution in [3.05, 3.63) is 47.0 Å². The highest BCUT2D eigenvalue weighted by molar-refractivity contribution is 5.56. The molecule has 2 aliphatic rings. The van der Waals surface area contributed by atoms with E-state index >= 15 is 0 Å². The summed E-state index contributed by atoms with van der Waals surface area (Å²) in [5.74, 6) is 1.47. The van der Waals surface area contributed by atoms with Gasteiger partial charge in [-0.05, 0) is 68.8 Å². The van der Waals surface area contributed by atoms with Crippen LogP contribution in [0, 0.1) is 11.8 Å². The van der Waals surface area contributed by atoms with Crippen LogP contribution in [0.4, 0.5) is 0 Å². The van der Waals surface area contributed by atoms with E-state index in [1.54, 1.807) is 29.2 Å². The van der Waals surface area contributed by atoms with E-state index in [0.29, 0.717) is 5.92 Å². The van der Waals surface area contributed by atoms with E-state index in [-0.39, 0.29) is 5.56 Å². The van der Waals surface area contributed by atoms with Crippen LogP contribution in [0.3, 0.4) is 0 Å². The molecule has 2 fully saturated rings. The van der Waals surface area contributed by atoms with Gasteiger partial charge < -0.3 is 4.90 Å². The first-order chi connectivity index (χ1) is 12.8. The van der Waals surface area contributed by atoms with Crippen LogP contribution >= 0.6 is 0 Å². The monoisotopic (exact) mass is 352 g/mol. The lowest BCUT2D eigenvalue weighted by molar-refractivity contribution is 0.150. The highest BCUT2D eigenvalue weighted by atomic mass is 16.1. The third kappa shape index (κ3) is 4.21. The molecule has 3 heterocycles. The van der Waals surface area contributed by atoms with Crippen LogP contribution < -0.4 is 5.56 Å². The molecule has 0 bridgehead atoms. The summed E-state index contributed by atoms with van der Waals surface area (Å²) in [6, 6.07) is 7.30. The second kappa shape index (κ2) is 8.12. The van der Waals surface area contributed by atoms with Crippen molar-refractivity contribution in [2.24, 2.45) is 11.8 Å². The second-order valence-electron chi connectivity index (χ2n) is 7.87. The fraction of sp³-hybridized carbons (Fsp3) is 0.571. The summed E-state index contributed by atoms with van der Waals surface area (Å²) in [7, 11) is 0. The van der Waals surface area contributed by atoms with Crippen molar-refractivity contribution in [1.82, 2.24) is 19.7 Å². The third-order valence-corrected chi connectivity index (χ3v) is 5.97. The molecular formula is C21H28N4O. The number of aromatic nitrogens is 3. The molecule has 5 heteroatoms. The lowest BCUT2D eigenvalue weighted by Gasteiger charge is -2.33. The van der Waals surface area contributed by atoms with Crippen molar-refractivity contribution in [2.75, 3.05) is 19.6 Å². The molecule has 0 aromatic carbocycles. The first kappa shape index (κ1) is 17.4. The Bertz CT molecular complexity index is 759. The standard InChI is InChI=1S/C21H28N4O/c26-21-6-5-20(19-7-11-22-12-8-19)23-25(21)16-18-9-13-24(14-10-18)15-17-3-1-2-4-17/h5-8,11-12,17-18H,1-4,9-10,13-16H2. The lowest BCUT2D eigenvalue weighted by Crippen LogP contribution is -2.38. The molecule has 1 aliphatic carbocycles. The van der Waals surface area contributed by atoms with Crippen LogP contribution in [0.1, 0.15) is 38.5 Å². The van der Waals surface area contributed by atoms with Gasteiger partial charge in [0.25, 0.3) is 5.56 Å². The molecular weight excluding hydrogens is 324 g/mol. The van der Waals surface area contributed by atoms with E-state index < -0.39 is 0 Å². The van der Waals surface area contributed by atoms with Crippen LogP contribution in [-0.4, -0.2) is 39.3 Å². The zero-order chi connectivity index (χ0) is 17.8. The van der Waals surface area contributed by atoms with Crippen molar-refractivity contribution in [1.29, 1.82) is 0 Å². The SMILES string of the molecule is O=c1ccc(-c2ccncc2)nn1CC1CCN(CC2CCCC2)CC1. The van der Waals surface area contributed by atoms with E-state index in [1.807, 2.05) is 12.1 Å². The smallest absolute Gasteiger partial charge is 0.266 e. The minimum atomic E-state index is -0.00353. The van der Waals surface area contributed by atoms with Crippen molar-refractivity contribution in [3.8, 4) is 11.3 Å². The number of nitrogens with zero attached hydrogens (tertiary/aromatic N) is 4. The van der Waals surface area contributed by atoms with Crippen molar-refractivity contribution in [2.45, 2.75) is 45.1 Å². The first-order valence-corrected chi connectivity index (χ1v) is 9.99. The predicted molar refractivity (Wildman–Crippen MR) is 103 cm³/mol. The fourth-order valence-electron chi connectivity index (χ4n) is 4.41. The largest absolute Gasteiger partial charge is 0.303 e. The summed E-state index contributed by atoms with van der Waals surface area (Å²) in [6.45, 7) is 4.34. The maximum atomic E-state index is 12.2. The summed E-state index contributed by atoms with van der Waals surface area (Å²) >= 11 is 0. The van der Waals surface area contributed by atoms with Gasteiger partial charge in [-0.15, -0.1) is 0 Å². The van der Waals surface area contributed by atoms with Crippen LogP contribution in [0.2, 0.25) is 0 Å². The van der Waals surface area contributed by atoms with Crippen LogP contribution in [-0.2, 0) is 6.54 Å². The van der Waals surface area contributed by atoms with Gasteiger partial charge in [0.1, 0.15) is 0 Å². The molecule has 0 radical (unpaired) electrons. The van der Waals surface area contributed by atoms with E-state index in [9.17, 15) is 4.79 Å². The normalized spacial score (nSPS) is 19.8. The Morgan fingerprint density at radius 1 is 0.885 bits per heavy atom. The molecule has 26 heavy (non-hydrogen) atoms. The number of hydrogen-bond donors (Lipinski definition) is 0. The molecule has 0 atom stereocenters. The molecule has 1 saturated heterocycles. The van der Waals surface area contributed by atoms with Crippen molar-refractivity contribution >= 4 is 0 Å². The summed E-state index contributed by atoms with van der Waals surface area (Å²) in [5.41, 5.74) is 1.84. The molecule has 0 N–H and O–H groups in total. The van der Waals surface area contributed by atoms with E-state index in [1.165, 1.54) is 58.2 Å². The Morgan fingerprint density at radius 3 is 2.31 bits per heavy atom. The second-order valence-corrected chi connectivity index (χ2v) is 7.87. The molecule has 0 unspecified atom stereocenters. The molecule has 1 saturated carbocycles. The van der Waals surface area contributed by atoms with Gasteiger partial charge in [0, 0.05) is 37.1 Å². The van der Waals surface area contributed by atoms with Gasteiger partial charge in [-0.3, -0.25) is 9.78 Å². The van der Waals surface area contributed by atoms with Gasteiger partial charge in [-0.25, -0.2) is 4.68 Å². The topological polar surface area (TPSA) is 51.0 Å². The van der Waals surface area contributed by atoms with Crippen molar-refractivity contribution < 1.29 is 0 Å². The van der Waals surface area contributed by atoms with E-state index in [4.69, 9.17) is 0 Å². The first-order valence-electron chi connectivity index (χ1n) is 9.99. The number of piperidine rings is 1. The number of hydrogen-bond acceptors (Lipinski definition) is 4. The summed E-state index contributed by atoms with van der Waals surface area (Å²) in [5, 5.41) is 4.60. The Morgan fingerprint density at radius 2 is 1.58 bits per heavy atom. The van der Waals surface area contributed by atoms with Gasteiger partial charge in [0.05, 0.1) is 5.69 Å². The molecule has 5 nitrogen and oxygen atoms in total. The van der Waals surface area contributed by atoms with Crippen molar-refractivity contribution in [3.63, 3.8) is 0 Å². The Balaban J connectivity index is 1.36. The predicted octanol–water partition coefficient (Wildman–Crippen LogP) is 3.21. The Hall–Kier alpha value is -2.01. The van der Waals surface area contributed by atoms with E-state index in [2.05, 4.69) is 15.0 Å². The molecule has 0 spiro atoms. The minimum absolute atomic E-state index is 0.00353. The quantitative estimate of drug-likeness (QED) is 0.829. The van der Waals surface area contributed by atoms with E-state index in [0.717, 1.165) is 23.7 Å². The molecule has 2 aromatic heterocycles. The van der Waals surface area contributed by atoms with Gasteiger partial charge in [-0.1, -0.05) is 12.8 Å². The lowest BCUT2D eigenvalue weighted by atomic mass is 9.95. The van der Waals surface area contributed by atoms with Gasteiger partial charge >= 0.3 is 0 Å². The zero-order valence-corrected chi connectivity index (χ0v) is 15.4. The van der Waals surface area contributed by atoms with Crippen LogP contribution in [0.25, 0.3) is 11.3 Å². The Kier molecular flexibility index (Phi) is 5.44. The van der Waals surface area contributed by atoms with Gasteiger partial charge in [0.2, 0.25) is 0 Å². The minimum Gasteiger partial charge on any atom is -0.303 e. The number of pyridine rings is 1. The average molecular weight is 352 g/mol. The summed E-state index contributed by atoms with van der Waals surface area (Å²) in [6.07, 6.45) is 11.5. The highest BCUT2D eigenvalue weighted by Crippen LogP contribution is 2.27. The average Bonchev–Trinajstić information content (AvgIpc) is 3.19. The zero-order valence-electron chi connectivity index (χ0n) is 15.4. The fourth-order valence-corrected chi connectivity index (χ4v) is 4.41. The third-order valence-electron chi connectivity index (χ3n) is 5.97. The van der Waals surface area contributed by atoms with Crippen LogP contribution in [0.5, 0.6) is 0 Å². The maximum Gasteiger partial charge on any atom is 0.266 e. The van der Waals surface area contributed by atoms with Crippen LogP contribution in [0.15, 0.2) is 41.5 Å². The molecule has 4 rings (SSSR count). The van der Waals surface area contributed by atoms with Gasteiger partial charge in [-0.2, -0.15) is 5.10 Å². The summed E-state index contributed by atoms with van der Waals surface area (Å²) < 4.78 is 1.66. The molecule has 138 valence electrons. The molecule has 0 amide bonds. The van der Waals surface area contributed by atoms with Gasteiger partial charge in [0.15, 0.2) is 0 Å². The molecule has 2 aromatic rings. The number of likely N-dealkylation sites (tertiary alicyclic amines) is 1. The maximum absolute atomic E-state index is 12.2. The molecule has 1 aliphatic heterocycles. The number of rotatable bonds is 5.